The predicted octanol–water partition coefficient (Wildman–Crippen LogP) is 0.698. The molecule has 0 N–H and O–H groups in total. The monoisotopic (exact) mass is 198 g/mol. The molecule has 78 valence electrons. The van der Waals surface area contributed by atoms with Crippen molar-refractivity contribution in [3.63, 3.8) is 0 Å². The normalized spacial score (nSPS) is 55.7. The second-order valence-corrected chi connectivity index (χ2v) is 4.52. The molecule has 0 amide bonds. The molecule has 4 nitrogen and oxygen atoms in total. The molecule has 0 aromatic rings. The largest absolute Gasteiger partial charge is 0.433 e. The van der Waals surface area contributed by atoms with Crippen molar-refractivity contribution in [3.05, 3.63) is 0 Å². The van der Waals surface area contributed by atoms with Crippen LogP contribution in [0.3, 0.4) is 0 Å². The molecule has 0 radical (unpaired) electrons. The van der Waals surface area contributed by atoms with E-state index in [1.807, 2.05) is 0 Å². The maximum atomic E-state index is 11.3. The van der Waals surface area contributed by atoms with E-state index >= 15 is 0 Å². The molecular formula is C10H14O4. The van der Waals surface area contributed by atoms with E-state index in [0.29, 0.717) is 18.3 Å². The van der Waals surface area contributed by atoms with Crippen molar-refractivity contribution in [1.29, 1.82) is 0 Å². The summed E-state index contributed by atoms with van der Waals surface area (Å²) in [5.41, 5.74) is 0. The van der Waals surface area contributed by atoms with Crippen molar-refractivity contribution in [3.8, 4) is 0 Å². The van der Waals surface area contributed by atoms with Crippen LogP contribution in [-0.2, 0) is 19.0 Å². The van der Waals surface area contributed by atoms with Crippen molar-refractivity contribution in [1.82, 2.24) is 0 Å². The summed E-state index contributed by atoms with van der Waals surface area (Å²) in [5, 5.41) is 0. The molecule has 3 rings (SSSR count). The third-order valence-corrected chi connectivity index (χ3v) is 3.65. The average molecular weight is 198 g/mol. The van der Waals surface area contributed by atoms with Gasteiger partial charge in [0.15, 0.2) is 0 Å². The van der Waals surface area contributed by atoms with Crippen LogP contribution in [0.5, 0.6) is 0 Å². The van der Waals surface area contributed by atoms with Gasteiger partial charge in [0.2, 0.25) is 6.29 Å². The van der Waals surface area contributed by atoms with Crippen molar-refractivity contribution < 1.29 is 19.0 Å². The number of rotatable bonds is 0. The molecule has 14 heavy (non-hydrogen) atoms. The number of carbonyl (C=O) groups excluding carboxylic acids is 1. The average Bonchev–Trinajstić information content (AvgIpc) is 2.32. The Hall–Kier alpha value is -0.610. The zero-order valence-corrected chi connectivity index (χ0v) is 8.30. The lowest BCUT2D eigenvalue weighted by atomic mass is 9.84. The number of ether oxygens (including phenoxy) is 3. The van der Waals surface area contributed by atoms with Crippen molar-refractivity contribution in [2.75, 3.05) is 0 Å². The standard InChI is InChI=1S/C10H14O4/c1-4-6-3-7(11)13-10-9(12-6)5(2)8(4)14-10/h4-6,8-10H,3H2,1-2H3/t4-,5-,6+,8-,9+,10-/m0/s1. The molecule has 0 unspecified atom stereocenters. The van der Waals surface area contributed by atoms with E-state index < -0.39 is 6.29 Å². The van der Waals surface area contributed by atoms with Gasteiger partial charge in [-0.15, -0.1) is 0 Å². The Bertz CT molecular complexity index is 271. The highest BCUT2D eigenvalue weighted by Crippen LogP contribution is 2.44. The van der Waals surface area contributed by atoms with Gasteiger partial charge in [0.05, 0.1) is 18.6 Å². The van der Waals surface area contributed by atoms with Gasteiger partial charge in [-0.05, 0) is 0 Å². The Morgan fingerprint density at radius 1 is 1.14 bits per heavy atom. The maximum Gasteiger partial charge on any atom is 0.310 e. The Balaban J connectivity index is 1.97. The van der Waals surface area contributed by atoms with Crippen LogP contribution < -0.4 is 0 Å². The first kappa shape index (κ1) is 8.68. The number of carbonyl (C=O) groups is 1. The fourth-order valence-corrected chi connectivity index (χ4v) is 2.79. The second-order valence-electron chi connectivity index (χ2n) is 4.52. The van der Waals surface area contributed by atoms with E-state index in [-0.39, 0.29) is 24.3 Å². The zero-order chi connectivity index (χ0) is 9.87. The summed E-state index contributed by atoms with van der Waals surface area (Å²) in [6.07, 6.45) is 0.0453. The lowest BCUT2D eigenvalue weighted by Gasteiger charge is -2.35. The third kappa shape index (κ3) is 0.982. The van der Waals surface area contributed by atoms with Crippen LogP contribution >= 0.6 is 0 Å². The highest BCUT2D eigenvalue weighted by Gasteiger charge is 2.56. The lowest BCUT2D eigenvalue weighted by Crippen LogP contribution is -2.44. The Kier molecular flexibility index (Phi) is 1.67. The van der Waals surface area contributed by atoms with Crippen LogP contribution in [0, 0.1) is 11.8 Å². The molecule has 0 aromatic carbocycles. The smallest absolute Gasteiger partial charge is 0.310 e. The SMILES string of the molecule is C[C@@H]1[C@@H]2O[C@@H]3OC(=O)C[C@H]1O[C@@H]3[C@H]2C. The minimum Gasteiger partial charge on any atom is -0.433 e. The van der Waals surface area contributed by atoms with Gasteiger partial charge in [-0.3, -0.25) is 4.79 Å². The first-order chi connectivity index (χ1) is 6.66. The van der Waals surface area contributed by atoms with Crippen LogP contribution in [0.25, 0.3) is 0 Å². The highest BCUT2D eigenvalue weighted by atomic mass is 16.7. The molecular weight excluding hydrogens is 184 g/mol. The highest BCUT2D eigenvalue weighted by molar-refractivity contribution is 5.70. The van der Waals surface area contributed by atoms with Gasteiger partial charge in [0.25, 0.3) is 0 Å². The molecule has 3 aliphatic rings. The molecule has 3 heterocycles. The molecule has 4 heteroatoms. The summed E-state index contributed by atoms with van der Waals surface area (Å²) in [6, 6.07) is 0. The number of hydrogen-bond donors (Lipinski definition) is 0. The van der Waals surface area contributed by atoms with E-state index in [0.717, 1.165) is 0 Å². The molecule has 0 aromatic heterocycles. The predicted molar refractivity (Wildman–Crippen MR) is 46.4 cm³/mol. The van der Waals surface area contributed by atoms with Crippen molar-refractivity contribution in [2.24, 2.45) is 11.8 Å². The molecule has 6 atom stereocenters. The Morgan fingerprint density at radius 2 is 1.93 bits per heavy atom. The maximum absolute atomic E-state index is 11.3. The molecule has 0 saturated carbocycles. The third-order valence-electron chi connectivity index (χ3n) is 3.65. The van der Waals surface area contributed by atoms with Crippen molar-refractivity contribution >= 4 is 5.97 Å². The lowest BCUT2D eigenvalue weighted by molar-refractivity contribution is -0.181. The first-order valence-electron chi connectivity index (χ1n) is 5.17. The molecule has 3 saturated heterocycles. The number of esters is 1. The van der Waals surface area contributed by atoms with E-state index in [1.165, 1.54) is 0 Å². The number of hydrogen-bond acceptors (Lipinski definition) is 4. The topological polar surface area (TPSA) is 44.8 Å². The number of fused-ring (bicyclic) bond motifs is 2. The minimum absolute atomic E-state index is 0.0128. The fraction of sp³-hybridized carbons (Fsp3) is 0.900. The summed E-state index contributed by atoms with van der Waals surface area (Å²) in [6.45, 7) is 4.18. The Labute approximate surface area is 82.5 Å². The minimum atomic E-state index is -0.461. The first-order valence-corrected chi connectivity index (χ1v) is 5.17. The van der Waals surface area contributed by atoms with Crippen LogP contribution in [-0.4, -0.2) is 30.6 Å². The van der Waals surface area contributed by atoms with Crippen LogP contribution in [0.4, 0.5) is 0 Å². The second kappa shape index (κ2) is 2.70. The summed E-state index contributed by atoms with van der Waals surface area (Å²) in [4.78, 5) is 11.3. The molecule has 0 aliphatic carbocycles. The van der Waals surface area contributed by atoms with E-state index in [2.05, 4.69) is 13.8 Å². The zero-order valence-electron chi connectivity index (χ0n) is 8.30. The summed E-state index contributed by atoms with van der Waals surface area (Å²) in [7, 11) is 0. The van der Waals surface area contributed by atoms with Crippen LogP contribution in [0.2, 0.25) is 0 Å². The fourth-order valence-electron chi connectivity index (χ4n) is 2.79. The summed E-state index contributed by atoms with van der Waals surface area (Å²) < 4.78 is 16.7. The summed E-state index contributed by atoms with van der Waals surface area (Å²) in [5.74, 6) is 0.429. The molecule has 3 aliphatic heterocycles. The Morgan fingerprint density at radius 3 is 2.71 bits per heavy atom. The summed E-state index contributed by atoms with van der Waals surface area (Å²) >= 11 is 0. The van der Waals surface area contributed by atoms with Crippen LogP contribution in [0.15, 0.2) is 0 Å². The van der Waals surface area contributed by atoms with Gasteiger partial charge in [0.1, 0.15) is 6.10 Å². The van der Waals surface area contributed by atoms with E-state index in [4.69, 9.17) is 14.2 Å². The quantitative estimate of drug-likeness (QED) is 0.537. The van der Waals surface area contributed by atoms with Gasteiger partial charge in [-0.25, -0.2) is 0 Å². The molecule has 3 fully saturated rings. The van der Waals surface area contributed by atoms with E-state index in [9.17, 15) is 4.79 Å². The molecule has 0 spiro atoms. The van der Waals surface area contributed by atoms with Gasteiger partial charge in [0, 0.05) is 11.8 Å². The van der Waals surface area contributed by atoms with Gasteiger partial charge in [-0.2, -0.15) is 0 Å². The van der Waals surface area contributed by atoms with Crippen molar-refractivity contribution in [2.45, 2.75) is 44.9 Å². The van der Waals surface area contributed by atoms with Crippen LogP contribution in [0.1, 0.15) is 20.3 Å². The van der Waals surface area contributed by atoms with Gasteiger partial charge >= 0.3 is 5.97 Å². The van der Waals surface area contributed by atoms with E-state index in [1.54, 1.807) is 0 Å². The van der Waals surface area contributed by atoms with Gasteiger partial charge < -0.3 is 14.2 Å². The molecule has 3 bridgehead atoms. The van der Waals surface area contributed by atoms with Gasteiger partial charge in [-0.1, -0.05) is 13.8 Å².